The van der Waals surface area contributed by atoms with E-state index in [0.717, 1.165) is 11.3 Å². The summed E-state index contributed by atoms with van der Waals surface area (Å²) in [6, 6.07) is 0. The van der Waals surface area contributed by atoms with Crippen molar-refractivity contribution in [2.45, 2.75) is 44.6 Å². The number of anilines is 1. The summed E-state index contributed by atoms with van der Waals surface area (Å²) in [6.07, 6.45) is 0.680. The van der Waals surface area contributed by atoms with Crippen LogP contribution < -0.4 is 10.0 Å². The molecule has 0 spiro atoms. The van der Waals surface area contributed by atoms with Crippen molar-refractivity contribution in [2.75, 3.05) is 18.5 Å². The van der Waals surface area contributed by atoms with Gasteiger partial charge in [0.15, 0.2) is 0 Å². The first-order chi connectivity index (χ1) is 10.2. The van der Waals surface area contributed by atoms with Crippen LogP contribution >= 0.6 is 11.3 Å². The Morgan fingerprint density at radius 2 is 1.95 bits per heavy atom. The molecule has 1 amide bonds. The quantitative estimate of drug-likeness (QED) is 0.512. The Hall–Kier alpha value is -1.10. The molecular formula is C12H22N4O4S2. The summed E-state index contributed by atoms with van der Waals surface area (Å²) < 4.78 is 31.6. The van der Waals surface area contributed by atoms with E-state index in [0.29, 0.717) is 13.0 Å². The topological polar surface area (TPSA) is 110 Å². The van der Waals surface area contributed by atoms with E-state index in [2.05, 4.69) is 20.2 Å². The number of hydrogen-bond acceptors (Lipinski definition) is 7. The van der Waals surface area contributed by atoms with Gasteiger partial charge in [-0.3, -0.25) is 4.79 Å². The number of nitrogens with zero attached hydrogens (tertiary/aromatic N) is 2. The van der Waals surface area contributed by atoms with Crippen LogP contribution in [0, 0.1) is 5.92 Å². The smallest absolute Gasteiger partial charge is 0.269 e. The van der Waals surface area contributed by atoms with Crippen molar-refractivity contribution < 1.29 is 17.9 Å². The Kier molecular flexibility index (Phi) is 7.33. The van der Waals surface area contributed by atoms with Crippen LogP contribution in [0.25, 0.3) is 0 Å². The van der Waals surface area contributed by atoms with Gasteiger partial charge in [0, 0.05) is 19.1 Å². The van der Waals surface area contributed by atoms with Crippen molar-refractivity contribution in [2.24, 2.45) is 5.92 Å². The van der Waals surface area contributed by atoms with Gasteiger partial charge in [-0.05, 0) is 20.3 Å². The van der Waals surface area contributed by atoms with Crippen LogP contribution in [-0.2, 0) is 19.6 Å². The van der Waals surface area contributed by atoms with Gasteiger partial charge in [-0.15, -0.1) is 10.2 Å². The van der Waals surface area contributed by atoms with Gasteiger partial charge >= 0.3 is 0 Å². The lowest BCUT2D eigenvalue weighted by molar-refractivity contribution is -0.118. The van der Waals surface area contributed by atoms with Crippen LogP contribution in [0.15, 0.2) is 4.34 Å². The van der Waals surface area contributed by atoms with Gasteiger partial charge in [0.1, 0.15) is 0 Å². The molecule has 0 unspecified atom stereocenters. The van der Waals surface area contributed by atoms with Gasteiger partial charge in [0.25, 0.3) is 10.0 Å². The molecule has 0 saturated carbocycles. The Morgan fingerprint density at radius 1 is 1.27 bits per heavy atom. The molecule has 0 saturated heterocycles. The van der Waals surface area contributed by atoms with Crippen LogP contribution in [0.5, 0.6) is 0 Å². The maximum Gasteiger partial charge on any atom is 0.269 e. The van der Waals surface area contributed by atoms with Crippen molar-refractivity contribution in [1.82, 2.24) is 14.9 Å². The summed E-state index contributed by atoms with van der Waals surface area (Å²) in [7, 11) is -3.71. The van der Waals surface area contributed by atoms with Gasteiger partial charge in [-0.1, -0.05) is 25.2 Å². The van der Waals surface area contributed by atoms with Crippen LogP contribution in [0.3, 0.4) is 0 Å². The molecule has 0 bridgehead atoms. The molecule has 1 aromatic heterocycles. The largest absolute Gasteiger partial charge is 0.379 e. The van der Waals surface area contributed by atoms with Gasteiger partial charge < -0.3 is 10.1 Å². The highest BCUT2D eigenvalue weighted by molar-refractivity contribution is 7.91. The zero-order valence-electron chi connectivity index (χ0n) is 13.1. The molecule has 0 aliphatic heterocycles. The van der Waals surface area contributed by atoms with E-state index >= 15 is 0 Å². The summed E-state index contributed by atoms with van der Waals surface area (Å²) in [5, 5.41) is 9.95. The predicted octanol–water partition coefficient (Wildman–Crippen LogP) is 1.23. The number of carbonyl (C=O) groups is 1. The monoisotopic (exact) mass is 350 g/mol. The molecule has 0 fully saturated rings. The predicted molar refractivity (Wildman–Crippen MR) is 84.3 cm³/mol. The fourth-order valence-electron chi connectivity index (χ4n) is 1.28. The van der Waals surface area contributed by atoms with E-state index in [1.807, 2.05) is 13.8 Å². The maximum absolute atomic E-state index is 12.0. The highest BCUT2D eigenvalue weighted by atomic mass is 32.2. The molecule has 1 rings (SSSR count). The number of carbonyl (C=O) groups excluding carboxylic acids is 1. The first-order valence-corrected chi connectivity index (χ1v) is 9.28. The van der Waals surface area contributed by atoms with Crippen molar-refractivity contribution in [3.05, 3.63) is 0 Å². The molecule has 8 nitrogen and oxygen atoms in total. The SMILES string of the molecule is CC(C)OCCCNS(=O)(=O)c1nnc(NC(=O)C(C)C)s1. The van der Waals surface area contributed by atoms with E-state index in [1.54, 1.807) is 13.8 Å². The molecule has 0 atom stereocenters. The van der Waals surface area contributed by atoms with Crippen LogP contribution in [0.2, 0.25) is 0 Å². The maximum atomic E-state index is 12.0. The molecule has 10 heteroatoms. The molecule has 0 aliphatic rings. The number of amides is 1. The standard InChI is InChI=1S/C12H22N4O4S2/c1-8(2)10(17)14-11-15-16-12(21-11)22(18,19)13-6-5-7-20-9(3)4/h8-9,13H,5-7H2,1-4H3,(H,14,15,17). The highest BCUT2D eigenvalue weighted by Crippen LogP contribution is 2.20. The fourth-order valence-corrected chi connectivity index (χ4v) is 3.30. The molecule has 2 N–H and O–H groups in total. The Balaban J connectivity index is 2.52. The number of ether oxygens (including phenoxy) is 1. The summed E-state index contributed by atoms with van der Waals surface area (Å²) in [6.45, 7) is 8.02. The molecular weight excluding hydrogens is 328 g/mol. The number of rotatable bonds is 9. The molecule has 126 valence electrons. The van der Waals surface area contributed by atoms with Gasteiger partial charge in [-0.2, -0.15) is 0 Å². The number of nitrogens with one attached hydrogen (secondary N) is 2. The first kappa shape index (κ1) is 18.9. The minimum Gasteiger partial charge on any atom is -0.379 e. The first-order valence-electron chi connectivity index (χ1n) is 6.98. The van der Waals surface area contributed by atoms with Crippen LogP contribution in [-0.4, -0.2) is 43.8 Å². The van der Waals surface area contributed by atoms with Gasteiger partial charge in [0.2, 0.25) is 15.4 Å². The molecule has 1 aromatic rings. The van der Waals surface area contributed by atoms with E-state index in [9.17, 15) is 13.2 Å². The minimum absolute atomic E-state index is 0.117. The number of sulfonamides is 1. The third kappa shape index (κ3) is 6.34. The Bertz CT molecular complexity index is 584. The lowest BCUT2D eigenvalue weighted by atomic mass is 10.2. The zero-order chi connectivity index (χ0) is 16.8. The van der Waals surface area contributed by atoms with Crippen LogP contribution in [0.4, 0.5) is 5.13 Å². The summed E-state index contributed by atoms with van der Waals surface area (Å²) >= 11 is 0.818. The van der Waals surface area contributed by atoms with Gasteiger partial charge in [-0.25, -0.2) is 13.1 Å². The van der Waals surface area contributed by atoms with E-state index < -0.39 is 10.0 Å². The average molecular weight is 350 g/mol. The third-order valence-electron chi connectivity index (χ3n) is 2.46. The number of aromatic nitrogens is 2. The van der Waals surface area contributed by atoms with E-state index in [-0.39, 0.29) is 33.9 Å². The van der Waals surface area contributed by atoms with Crippen molar-refractivity contribution in [3.8, 4) is 0 Å². The Morgan fingerprint density at radius 3 is 2.55 bits per heavy atom. The number of hydrogen-bond donors (Lipinski definition) is 2. The van der Waals surface area contributed by atoms with Crippen molar-refractivity contribution in [3.63, 3.8) is 0 Å². The zero-order valence-corrected chi connectivity index (χ0v) is 14.8. The Labute approximate surface area is 134 Å². The molecule has 0 radical (unpaired) electrons. The molecule has 1 heterocycles. The lowest BCUT2D eigenvalue weighted by Gasteiger charge is -2.07. The van der Waals surface area contributed by atoms with E-state index in [4.69, 9.17) is 4.74 Å². The normalized spacial score (nSPS) is 12.1. The highest BCUT2D eigenvalue weighted by Gasteiger charge is 2.20. The van der Waals surface area contributed by atoms with Crippen molar-refractivity contribution in [1.29, 1.82) is 0 Å². The van der Waals surface area contributed by atoms with Crippen LogP contribution in [0.1, 0.15) is 34.1 Å². The lowest BCUT2D eigenvalue weighted by Crippen LogP contribution is -2.25. The van der Waals surface area contributed by atoms with E-state index in [1.165, 1.54) is 0 Å². The molecule has 0 aromatic carbocycles. The molecule has 0 aliphatic carbocycles. The van der Waals surface area contributed by atoms with Gasteiger partial charge in [0.05, 0.1) is 6.10 Å². The minimum atomic E-state index is -3.71. The summed E-state index contributed by atoms with van der Waals surface area (Å²) in [5.74, 6) is -0.457. The van der Waals surface area contributed by atoms with Crippen molar-refractivity contribution >= 4 is 32.4 Å². The fraction of sp³-hybridized carbons (Fsp3) is 0.750. The molecule has 22 heavy (non-hydrogen) atoms. The average Bonchev–Trinajstić information content (AvgIpc) is 2.87. The third-order valence-corrected chi connectivity index (χ3v) is 5.12. The second kappa shape index (κ2) is 8.51. The summed E-state index contributed by atoms with van der Waals surface area (Å²) in [5.41, 5.74) is 0. The second-order valence-electron chi connectivity index (χ2n) is 5.19. The second-order valence-corrected chi connectivity index (χ2v) is 8.11. The summed E-state index contributed by atoms with van der Waals surface area (Å²) in [4.78, 5) is 11.5.